The van der Waals surface area contributed by atoms with Crippen molar-refractivity contribution in [1.29, 1.82) is 0 Å². The first kappa shape index (κ1) is 14.5. The fourth-order valence-electron chi connectivity index (χ4n) is 0.776. The number of carboxylic acids is 1. The fourth-order valence-corrected chi connectivity index (χ4v) is 0.776. The highest BCUT2D eigenvalue weighted by molar-refractivity contribution is 5.82. The number of alkyl halides is 3. The number of carboxylic acid groups (broad SMARTS) is 1. The molecule has 0 saturated heterocycles. The van der Waals surface area contributed by atoms with Crippen LogP contribution in [0.1, 0.15) is 6.42 Å². The first-order valence-electron chi connectivity index (χ1n) is 4.21. The highest BCUT2D eigenvalue weighted by Gasteiger charge is 2.28. The predicted molar refractivity (Wildman–Crippen MR) is 45.7 cm³/mol. The van der Waals surface area contributed by atoms with E-state index in [1.807, 2.05) is 0 Å². The minimum absolute atomic E-state index is 0.283. The topological polar surface area (TPSA) is 98.7 Å². The van der Waals surface area contributed by atoms with Crippen LogP contribution in [0.3, 0.4) is 0 Å². The summed E-state index contributed by atoms with van der Waals surface area (Å²) in [5.41, 5.74) is 0. The van der Waals surface area contributed by atoms with Gasteiger partial charge in [0.15, 0.2) is 0 Å². The van der Waals surface area contributed by atoms with Gasteiger partial charge < -0.3 is 20.8 Å². The number of aliphatic carboxylic acids is 1. The Labute approximate surface area is 88.4 Å². The molecular weight excluding hydrogens is 233 g/mol. The third-order valence-electron chi connectivity index (χ3n) is 1.47. The van der Waals surface area contributed by atoms with Gasteiger partial charge in [0.2, 0.25) is 0 Å². The minimum atomic E-state index is -4.56. The lowest BCUT2D eigenvalue weighted by Gasteiger charge is -2.14. The molecule has 94 valence electrons. The molecule has 0 aromatic carbocycles. The quantitative estimate of drug-likeness (QED) is 0.532. The first-order valence-corrected chi connectivity index (χ1v) is 4.21. The lowest BCUT2D eigenvalue weighted by molar-refractivity contribution is -0.139. The third-order valence-corrected chi connectivity index (χ3v) is 1.47. The second-order valence-corrected chi connectivity index (χ2v) is 2.85. The Hall–Kier alpha value is -1.51. The number of urea groups is 1. The average molecular weight is 244 g/mol. The van der Waals surface area contributed by atoms with E-state index < -0.39 is 37.4 Å². The van der Waals surface area contributed by atoms with Crippen LogP contribution < -0.4 is 10.6 Å². The van der Waals surface area contributed by atoms with Crippen molar-refractivity contribution in [2.24, 2.45) is 0 Å². The van der Waals surface area contributed by atoms with Gasteiger partial charge in [-0.3, -0.25) is 0 Å². The minimum Gasteiger partial charge on any atom is -0.480 e. The summed E-state index contributed by atoms with van der Waals surface area (Å²) in [4.78, 5) is 21.3. The molecule has 0 heterocycles. The molecule has 0 rings (SSSR count). The molecule has 0 aliphatic carbocycles. The maximum absolute atomic E-state index is 11.7. The molecule has 0 aromatic rings. The standard InChI is InChI=1S/C7H11F3N2O4/c8-7(9,10)3-11-6(16)12-4(1-2-13)5(14)15/h4,13H,1-3H2,(H,14,15)(H2,11,12,16)/t4-/m1/s1. The van der Waals surface area contributed by atoms with Crippen molar-refractivity contribution >= 4 is 12.0 Å². The summed E-state index contributed by atoms with van der Waals surface area (Å²) < 4.78 is 35.0. The second-order valence-electron chi connectivity index (χ2n) is 2.85. The SMILES string of the molecule is O=C(NCC(F)(F)F)N[C@H](CCO)C(=O)O. The molecule has 0 saturated carbocycles. The van der Waals surface area contributed by atoms with E-state index in [-0.39, 0.29) is 6.42 Å². The van der Waals surface area contributed by atoms with Crippen LogP contribution in [-0.2, 0) is 4.79 Å². The molecule has 0 unspecified atom stereocenters. The zero-order chi connectivity index (χ0) is 12.8. The van der Waals surface area contributed by atoms with E-state index in [2.05, 4.69) is 0 Å². The van der Waals surface area contributed by atoms with Crippen molar-refractivity contribution < 1.29 is 33.0 Å². The van der Waals surface area contributed by atoms with Gasteiger partial charge >= 0.3 is 18.2 Å². The molecule has 0 radical (unpaired) electrons. The van der Waals surface area contributed by atoms with Crippen LogP contribution in [0.15, 0.2) is 0 Å². The maximum Gasteiger partial charge on any atom is 0.405 e. The van der Waals surface area contributed by atoms with Crippen LogP contribution in [-0.4, -0.2) is 47.6 Å². The Morgan fingerprint density at radius 1 is 1.31 bits per heavy atom. The summed E-state index contributed by atoms with van der Waals surface area (Å²) in [7, 11) is 0. The van der Waals surface area contributed by atoms with Crippen molar-refractivity contribution in [2.75, 3.05) is 13.2 Å². The van der Waals surface area contributed by atoms with E-state index in [1.165, 1.54) is 5.32 Å². The van der Waals surface area contributed by atoms with Crippen molar-refractivity contribution in [3.05, 3.63) is 0 Å². The Morgan fingerprint density at radius 2 is 1.88 bits per heavy atom. The normalized spacial score (nSPS) is 13.0. The van der Waals surface area contributed by atoms with Crippen molar-refractivity contribution in [3.63, 3.8) is 0 Å². The van der Waals surface area contributed by atoms with Crippen molar-refractivity contribution in [3.8, 4) is 0 Å². The van der Waals surface area contributed by atoms with Crippen LogP contribution in [0, 0.1) is 0 Å². The summed E-state index contributed by atoms with van der Waals surface area (Å²) >= 11 is 0. The van der Waals surface area contributed by atoms with E-state index >= 15 is 0 Å². The lowest BCUT2D eigenvalue weighted by atomic mass is 10.2. The van der Waals surface area contributed by atoms with Crippen LogP contribution in [0.4, 0.5) is 18.0 Å². The number of carbonyl (C=O) groups is 2. The molecule has 9 heteroatoms. The van der Waals surface area contributed by atoms with Crippen molar-refractivity contribution in [2.45, 2.75) is 18.6 Å². The van der Waals surface area contributed by atoms with Crippen LogP contribution in [0.25, 0.3) is 0 Å². The van der Waals surface area contributed by atoms with E-state index in [0.717, 1.165) is 0 Å². The maximum atomic E-state index is 11.7. The van der Waals surface area contributed by atoms with E-state index in [9.17, 15) is 22.8 Å². The van der Waals surface area contributed by atoms with Gasteiger partial charge in [0.25, 0.3) is 0 Å². The number of aliphatic hydroxyl groups excluding tert-OH is 1. The van der Waals surface area contributed by atoms with Gasteiger partial charge in [0, 0.05) is 13.0 Å². The Kier molecular flexibility index (Phi) is 5.57. The Morgan fingerprint density at radius 3 is 2.25 bits per heavy atom. The number of nitrogens with one attached hydrogen (secondary N) is 2. The third kappa shape index (κ3) is 6.87. The predicted octanol–water partition coefficient (Wildman–Crippen LogP) is -0.317. The molecule has 0 aromatic heterocycles. The number of amides is 2. The number of carbonyl (C=O) groups excluding carboxylic acids is 1. The number of halogens is 3. The monoisotopic (exact) mass is 244 g/mol. The molecule has 16 heavy (non-hydrogen) atoms. The molecule has 0 fully saturated rings. The Bertz CT molecular complexity index is 257. The molecule has 0 aliphatic heterocycles. The van der Waals surface area contributed by atoms with Gasteiger partial charge in [-0.2, -0.15) is 13.2 Å². The molecule has 0 bridgehead atoms. The van der Waals surface area contributed by atoms with E-state index in [0.29, 0.717) is 0 Å². The highest BCUT2D eigenvalue weighted by Crippen LogP contribution is 2.11. The van der Waals surface area contributed by atoms with Crippen LogP contribution in [0.2, 0.25) is 0 Å². The molecule has 6 nitrogen and oxygen atoms in total. The number of hydrogen-bond acceptors (Lipinski definition) is 3. The zero-order valence-corrected chi connectivity index (χ0v) is 8.04. The highest BCUT2D eigenvalue weighted by atomic mass is 19.4. The smallest absolute Gasteiger partial charge is 0.405 e. The molecular formula is C7H11F3N2O4. The summed E-state index contributed by atoms with van der Waals surface area (Å²) in [6, 6.07) is -2.67. The zero-order valence-electron chi connectivity index (χ0n) is 8.04. The average Bonchev–Trinajstić information content (AvgIpc) is 2.13. The molecule has 2 amide bonds. The van der Waals surface area contributed by atoms with Crippen LogP contribution >= 0.6 is 0 Å². The molecule has 0 spiro atoms. The van der Waals surface area contributed by atoms with Gasteiger partial charge in [-0.05, 0) is 0 Å². The van der Waals surface area contributed by atoms with E-state index in [1.54, 1.807) is 5.32 Å². The van der Waals surface area contributed by atoms with E-state index in [4.69, 9.17) is 10.2 Å². The van der Waals surface area contributed by atoms with Gasteiger partial charge in [0.05, 0.1) is 0 Å². The lowest BCUT2D eigenvalue weighted by Crippen LogP contribution is -2.48. The van der Waals surface area contributed by atoms with Gasteiger partial charge in [-0.25, -0.2) is 9.59 Å². The summed E-state index contributed by atoms with van der Waals surface area (Å²) in [6.07, 6.45) is -4.85. The molecule has 0 aliphatic rings. The summed E-state index contributed by atoms with van der Waals surface area (Å²) in [6.45, 7) is -2.05. The number of rotatable bonds is 5. The number of hydrogen-bond donors (Lipinski definition) is 4. The second kappa shape index (κ2) is 6.16. The molecule has 1 atom stereocenters. The largest absolute Gasteiger partial charge is 0.480 e. The summed E-state index contributed by atoms with van der Waals surface area (Å²) in [5.74, 6) is -1.43. The Balaban J connectivity index is 4.05. The van der Waals surface area contributed by atoms with Crippen molar-refractivity contribution in [1.82, 2.24) is 10.6 Å². The fraction of sp³-hybridized carbons (Fsp3) is 0.714. The molecule has 4 N–H and O–H groups in total. The summed E-state index contributed by atoms with van der Waals surface area (Å²) in [5, 5.41) is 20.2. The first-order chi connectivity index (χ1) is 7.26. The van der Waals surface area contributed by atoms with Gasteiger partial charge in [-0.1, -0.05) is 0 Å². The van der Waals surface area contributed by atoms with Crippen LogP contribution in [0.5, 0.6) is 0 Å². The van der Waals surface area contributed by atoms with Gasteiger partial charge in [0.1, 0.15) is 12.6 Å². The van der Waals surface area contributed by atoms with Gasteiger partial charge in [-0.15, -0.1) is 0 Å². The number of aliphatic hydroxyl groups is 1.